The van der Waals surface area contributed by atoms with E-state index in [-0.39, 0.29) is 24.1 Å². The normalized spacial score (nSPS) is 11.3. The van der Waals surface area contributed by atoms with Crippen LogP contribution in [0.15, 0.2) is 28.4 Å². The maximum atomic E-state index is 12.2. The molecular formula is C16H17N3O3S2. The van der Waals surface area contributed by atoms with Crippen molar-refractivity contribution in [3.05, 3.63) is 39.6 Å². The molecule has 8 heteroatoms. The lowest BCUT2D eigenvalue weighted by molar-refractivity contribution is -0.150. The molecule has 0 aliphatic rings. The molecule has 0 spiro atoms. The fraction of sp³-hybridized carbons (Fsp3) is 0.375. The molecule has 126 valence electrons. The Morgan fingerprint density at radius 1 is 1.38 bits per heavy atom. The van der Waals surface area contributed by atoms with Crippen molar-refractivity contribution in [2.75, 3.05) is 0 Å². The van der Waals surface area contributed by atoms with Crippen LogP contribution in [0, 0.1) is 5.92 Å². The summed E-state index contributed by atoms with van der Waals surface area (Å²) in [5, 5.41) is 7.02. The zero-order valence-corrected chi connectivity index (χ0v) is 15.0. The van der Waals surface area contributed by atoms with Gasteiger partial charge >= 0.3 is 5.97 Å². The van der Waals surface area contributed by atoms with E-state index in [1.165, 1.54) is 21.9 Å². The van der Waals surface area contributed by atoms with Gasteiger partial charge in [0.2, 0.25) is 4.96 Å². The highest BCUT2D eigenvalue weighted by molar-refractivity contribution is 7.23. The van der Waals surface area contributed by atoms with E-state index in [9.17, 15) is 9.59 Å². The predicted octanol–water partition coefficient (Wildman–Crippen LogP) is 3.36. The number of ether oxygens (including phenoxy) is 1. The van der Waals surface area contributed by atoms with Gasteiger partial charge in [-0.1, -0.05) is 31.3 Å². The highest BCUT2D eigenvalue weighted by Gasteiger charge is 2.17. The summed E-state index contributed by atoms with van der Waals surface area (Å²) in [6.45, 7) is 3.92. The van der Waals surface area contributed by atoms with Gasteiger partial charge in [0.1, 0.15) is 6.61 Å². The van der Waals surface area contributed by atoms with E-state index in [1.807, 2.05) is 31.4 Å². The van der Waals surface area contributed by atoms with Gasteiger partial charge in [0.15, 0.2) is 5.01 Å². The number of rotatable bonds is 6. The maximum absolute atomic E-state index is 12.2. The first kappa shape index (κ1) is 16.8. The predicted molar refractivity (Wildman–Crippen MR) is 94.3 cm³/mol. The van der Waals surface area contributed by atoms with Crippen LogP contribution in [-0.4, -0.2) is 20.6 Å². The lowest BCUT2D eigenvalue weighted by atomic mass is 10.0. The van der Waals surface area contributed by atoms with Crippen molar-refractivity contribution in [3.63, 3.8) is 0 Å². The van der Waals surface area contributed by atoms with Crippen LogP contribution >= 0.6 is 22.7 Å². The number of carbonyl (C=O) groups is 1. The highest BCUT2D eigenvalue weighted by atomic mass is 32.1. The Labute approximate surface area is 146 Å². The van der Waals surface area contributed by atoms with E-state index >= 15 is 0 Å². The minimum atomic E-state index is -0.271. The number of fused-ring (bicyclic) bond motifs is 1. The Hall–Kier alpha value is -2.06. The molecule has 0 atom stereocenters. The molecule has 0 radical (unpaired) electrons. The van der Waals surface area contributed by atoms with Gasteiger partial charge in [-0.2, -0.15) is 9.61 Å². The van der Waals surface area contributed by atoms with Crippen molar-refractivity contribution in [1.82, 2.24) is 14.6 Å². The Morgan fingerprint density at radius 2 is 2.17 bits per heavy atom. The van der Waals surface area contributed by atoms with Crippen molar-refractivity contribution in [2.45, 2.75) is 33.3 Å². The quantitative estimate of drug-likeness (QED) is 0.628. The molecule has 3 aromatic heterocycles. The smallest absolute Gasteiger partial charge is 0.309 e. The molecule has 0 amide bonds. The summed E-state index contributed by atoms with van der Waals surface area (Å²) in [6.07, 6.45) is 1.48. The molecule has 3 heterocycles. The van der Waals surface area contributed by atoms with E-state index in [4.69, 9.17) is 4.74 Å². The van der Waals surface area contributed by atoms with Gasteiger partial charge in [-0.05, 0) is 24.3 Å². The van der Waals surface area contributed by atoms with Crippen molar-refractivity contribution in [1.29, 1.82) is 0 Å². The minimum Gasteiger partial charge on any atom is -0.459 e. The van der Waals surface area contributed by atoms with E-state index < -0.39 is 0 Å². The lowest BCUT2D eigenvalue weighted by Crippen LogP contribution is -2.19. The van der Waals surface area contributed by atoms with E-state index in [2.05, 4.69) is 10.1 Å². The average Bonchev–Trinajstić information content (AvgIpc) is 3.23. The lowest BCUT2D eigenvalue weighted by Gasteiger charge is -2.11. The molecule has 3 aromatic rings. The van der Waals surface area contributed by atoms with Gasteiger partial charge in [-0.15, -0.1) is 11.3 Å². The molecule has 0 aliphatic carbocycles. The van der Waals surface area contributed by atoms with Crippen LogP contribution in [0.3, 0.4) is 0 Å². The molecule has 0 saturated carbocycles. The van der Waals surface area contributed by atoms with Crippen molar-refractivity contribution < 1.29 is 9.53 Å². The third-order valence-electron chi connectivity index (χ3n) is 3.71. The second kappa shape index (κ2) is 7.23. The first-order valence-electron chi connectivity index (χ1n) is 7.72. The molecule has 0 N–H and O–H groups in total. The van der Waals surface area contributed by atoms with Crippen LogP contribution < -0.4 is 5.56 Å². The standard InChI is InChI=1S/C16H17N3O3S2/c1-3-10(4-2)15(21)22-9-11-8-13(20)19-16(17-11)24-14(18-19)12-6-5-7-23-12/h5-8,10H,3-4,9H2,1-2H3. The van der Waals surface area contributed by atoms with E-state index in [0.29, 0.717) is 10.7 Å². The number of thiophene rings is 1. The number of esters is 1. The van der Waals surface area contributed by atoms with Crippen LogP contribution in [-0.2, 0) is 16.1 Å². The molecule has 0 fully saturated rings. The number of carbonyl (C=O) groups excluding carboxylic acids is 1. The van der Waals surface area contributed by atoms with Crippen molar-refractivity contribution >= 4 is 33.6 Å². The molecule has 0 bridgehead atoms. The van der Waals surface area contributed by atoms with Crippen LogP contribution in [0.1, 0.15) is 32.4 Å². The molecule has 0 unspecified atom stereocenters. The molecule has 0 saturated heterocycles. The van der Waals surface area contributed by atoms with Crippen molar-refractivity contribution in [2.24, 2.45) is 5.92 Å². The fourth-order valence-electron chi connectivity index (χ4n) is 2.31. The van der Waals surface area contributed by atoms with Crippen LogP contribution in [0.25, 0.3) is 14.8 Å². The van der Waals surface area contributed by atoms with Gasteiger partial charge < -0.3 is 4.74 Å². The molecule has 6 nitrogen and oxygen atoms in total. The van der Waals surface area contributed by atoms with Gasteiger partial charge in [0, 0.05) is 6.07 Å². The topological polar surface area (TPSA) is 73.6 Å². The summed E-state index contributed by atoms with van der Waals surface area (Å²) in [4.78, 5) is 30.0. The average molecular weight is 363 g/mol. The summed E-state index contributed by atoms with van der Waals surface area (Å²) < 4.78 is 6.58. The maximum Gasteiger partial charge on any atom is 0.309 e. The number of nitrogens with zero attached hydrogens (tertiary/aromatic N) is 3. The first-order valence-corrected chi connectivity index (χ1v) is 9.42. The number of aromatic nitrogens is 3. The van der Waals surface area contributed by atoms with Gasteiger partial charge in [-0.3, -0.25) is 9.59 Å². The molecule has 0 aromatic carbocycles. The van der Waals surface area contributed by atoms with Crippen LogP contribution in [0.2, 0.25) is 0 Å². The van der Waals surface area contributed by atoms with Gasteiger partial charge in [0.25, 0.3) is 5.56 Å². The third-order valence-corrected chi connectivity index (χ3v) is 5.66. The summed E-state index contributed by atoms with van der Waals surface area (Å²) in [6, 6.07) is 5.25. The zero-order chi connectivity index (χ0) is 17.1. The zero-order valence-electron chi connectivity index (χ0n) is 13.4. The van der Waals surface area contributed by atoms with Gasteiger partial charge in [0.05, 0.1) is 16.5 Å². The SMILES string of the molecule is CCC(CC)C(=O)OCc1cc(=O)n2nc(-c3cccs3)sc2n1. The largest absolute Gasteiger partial charge is 0.459 e. The van der Waals surface area contributed by atoms with Gasteiger partial charge in [-0.25, -0.2) is 4.98 Å². The summed E-state index contributed by atoms with van der Waals surface area (Å²) in [5.41, 5.74) is 0.174. The van der Waals surface area contributed by atoms with Crippen molar-refractivity contribution in [3.8, 4) is 9.88 Å². The second-order valence-corrected chi connectivity index (χ2v) is 7.19. The monoisotopic (exact) mass is 363 g/mol. The highest BCUT2D eigenvalue weighted by Crippen LogP contribution is 2.28. The Balaban J connectivity index is 1.83. The molecule has 24 heavy (non-hydrogen) atoms. The minimum absolute atomic E-state index is 0.00725. The Bertz CT molecular complexity index is 895. The Morgan fingerprint density at radius 3 is 2.83 bits per heavy atom. The van der Waals surface area contributed by atoms with Crippen LogP contribution in [0.5, 0.6) is 0 Å². The first-order chi connectivity index (χ1) is 11.6. The molecule has 0 aliphatic heterocycles. The van der Waals surface area contributed by atoms with E-state index in [0.717, 1.165) is 22.7 Å². The summed E-state index contributed by atoms with van der Waals surface area (Å²) in [5.74, 6) is -0.353. The summed E-state index contributed by atoms with van der Waals surface area (Å²) in [7, 11) is 0. The third kappa shape index (κ3) is 3.39. The van der Waals surface area contributed by atoms with Crippen LogP contribution in [0.4, 0.5) is 0 Å². The molecular weight excluding hydrogens is 346 g/mol. The number of hydrogen-bond donors (Lipinski definition) is 0. The van der Waals surface area contributed by atoms with E-state index in [1.54, 1.807) is 11.3 Å². The summed E-state index contributed by atoms with van der Waals surface area (Å²) >= 11 is 2.90. The fourth-order valence-corrected chi connectivity index (χ4v) is 4.03. The Kier molecular flexibility index (Phi) is 5.06. The molecule has 3 rings (SSSR count). The number of hydrogen-bond acceptors (Lipinski definition) is 7. The second-order valence-electron chi connectivity index (χ2n) is 5.29.